The van der Waals surface area contributed by atoms with E-state index in [1.807, 2.05) is 0 Å². The van der Waals surface area contributed by atoms with Gasteiger partial charge in [-0.25, -0.2) is 14.4 Å². The first-order valence-electron chi connectivity index (χ1n) is 4.59. The van der Waals surface area contributed by atoms with Gasteiger partial charge in [-0.3, -0.25) is 0 Å². The van der Waals surface area contributed by atoms with E-state index in [1.165, 1.54) is 20.8 Å². The number of hydrogen-bond acceptors (Lipinski definition) is 3. The molecule has 0 fully saturated rings. The predicted molar refractivity (Wildman–Crippen MR) is 67.3 cm³/mol. The van der Waals surface area contributed by atoms with Crippen molar-refractivity contribution in [3.05, 3.63) is 36.5 Å². The summed E-state index contributed by atoms with van der Waals surface area (Å²) in [7, 11) is 0. The second kappa shape index (κ2) is 19.3. The van der Waals surface area contributed by atoms with Gasteiger partial charge in [0.15, 0.2) is 0 Å². The molecule has 0 aliphatic carbocycles. The van der Waals surface area contributed by atoms with E-state index in [2.05, 4.69) is 19.7 Å². The van der Waals surface area contributed by atoms with Gasteiger partial charge in [0, 0.05) is 98.4 Å². The Balaban J connectivity index is -0.0000000536. The van der Waals surface area contributed by atoms with Gasteiger partial charge in [0.25, 0.3) is 0 Å². The van der Waals surface area contributed by atoms with E-state index in [0.717, 1.165) is 0 Å². The quantitative estimate of drug-likeness (QED) is 0.467. The van der Waals surface area contributed by atoms with Crippen LogP contribution in [0.15, 0.2) is 36.5 Å². The number of rotatable bonds is 3. The molecule has 0 aliphatic rings. The van der Waals surface area contributed by atoms with Crippen molar-refractivity contribution >= 4 is 17.9 Å². The zero-order valence-corrected chi connectivity index (χ0v) is 18.1. The van der Waals surface area contributed by atoms with Gasteiger partial charge < -0.3 is 15.3 Å². The molecule has 0 unspecified atom stereocenters. The molecule has 0 aromatic carbocycles. The SMILES string of the molecule is C=C(C)C(=O)O.C=C(C)C(=O)O.C=C(C)C(=O)O.[Nd].[Nd]. The van der Waals surface area contributed by atoms with Gasteiger partial charge in [-0.15, -0.1) is 0 Å². The van der Waals surface area contributed by atoms with Crippen molar-refractivity contribution in [2.24, 2.45) is 0 Å². The molecule has 6 nitrogen and oxygen atoms in total. The van der Waals surface area contributed by atoms with Crippen LogP contribution in [0.25, 0.3) is 0 Å². The average molecular weight is 547 g/mol. The van der Waals surface area contributed by atoms with Crippen LogP contribution in [-0.4, -0.2) is 33.2 Å². The van der Waals surface area contributed by atoms with Gasteiger partial charge in [0.2, 0.25) is 0 Å². The summed E-state index contributed by atoms with van der Waals surface area (Å²) in [6.45, 7) is 13.8. The van der Waals surface area contributed by atoms with E-state index < -0.39 is 17.9 Å². The Morgan fingerprint density at radius 2 is 0.650 bits per heavy atom. The molecule has 0 rings (SSSR count). The molecule has 0 saturated heterocycles. The Kier molecular flexibility index (Phi) is 31.2. The van der Waals surface area contributed by atoms with Gasteiger partial charge in [0.05, 0.1) is 0 Å². The Bertz CT molecular complexity index is 281. The molecule has 0 saturated carbocycles. The number of carboxylic acid groups (broad SMARTS) is 3. The van der Waals surface area contributed by atoms with Crippen LogP contribution < -0.4 is 0 Å². The molecule has 0 radical (unpaired) electrons. The molecule has 0 aliphatic heterocycles. The number of hydrogen-bond donors (Lipinski definition) is 3. The second-order valence-electron chi connectivity index (χ2n) is 3.26. The Morgan fingerprint density at radius 1 is 0.600 bits per heavy atom. The number of carboxylic acids is 3. The van der Waals surface area contributed by atoms with Crippen molar-refractivity contribution in [3.8, 4) is 0 Å². The normalized spacial score (nSPS) is 6.75. The smallest absolute Gasteiger partial charge is 0.330 e. The van der Waals surface area contributed by atoms with Crippen molar-refractivity contribution in [1.29, 1.82) is 0 Å². The second-order valence-corrected chi connectivity index (χ2v) is 3.26. The molecular weight excluding hydrogens is 529 g/mol. The van der Waals surface area contributed by atoms with E-state index in [-0.39, 0.29) is 98.4 Å². The van der Waals surface area contributed by atoms with Crippen molar-refractivity contribution in [3.63, 3.8) is 0 Å². The monoisotopic (exact) mass is 542 g/mol. The topological polar surface area (TPSA) is 112 Å². The number of carbonyl (C=O) groups is 3. The molecular formula is C12H18Nd2O6. The van der Waals surface area contributed by atoms with Crippen molar-refractivity contribution in [1.82, 2.24) is 0 Å². The van der Waals surface area contributed by atoms with Crippen molar-refractivity contribution in [2.75, 3.05) is 0 Å². The predicted octanol–water partition coefficient (Wildman–Crippen LogP) is 1.94. The Morgan fingerprint density at radius 3 is 0.650 bits per heavy atom. The molecule has 0 heterocycles. The largest absolute Gasteiger partial charge is 0.478 e. The summed E-state index contributed by atoms with van der Waals surface area (Å²) >= 11 is 0. The third kappa shape index (κ3) is 36.2. The molecule has 3 N–H and O–H groups in total. The zero-order chi connectivity index (χ0) is 15.5. The fourth-order valence-corrected chi connectivity index (χ4v) is 0. The summed E-state index contributed by atoms with van der Waals surface area (Å²) in [5.41, 5.74) is 0.528. The van der Waals surface area contributed by atoms with E-state index in [1.54, 1.807) is 0 Å². The van der Waals surface area contributed by atoms with Crippen molar-refractivity contribution in [2.45, 2.75) is 20.8 Å². The first-order chi connectivity index (χ1) is 7.93. The van der Waals surface area contributed by atoms with Crippen LogP contribution in [0.5, 0.6) is 0 Å². The molecule has 0 spiro atoms. The third-order valence-electron chi connectivity index (χ3n) is 1.10. The minimum absolute atomic E-state index is 0. The zero-order valence-electron chi connectivity index (χ0n) is 11.7. The molecule has 0 aromatic rings. The standard InChI is InChI=1S/3C4H6O2.2Nd/c3*1-3(2)4(5)6;;/h3*1H2,2H3,(H,5,6);;. The van der Waals surface area contributed by atoms with Gasteiger partial charge in [0.1, 0.15) is 0 Å². The molecule has 0 atom stereocenters. The Hall–Kier alpha value is 0.331. The Labute approximate surface area is 184 Å². The molecule has 8 heteroatoms. The maximum atomic E-state index is 9.60. The summed E-state index contributed by atoms with van der Waals surface area (Å²) in [5, 5.41) is 23.7. The van der Waals surface area contributed by atoms with E-state index in [0.29, 0.717) is 0 Å². The van der Waals surface area contributed by atoms with Crippen molar-refractivity contribution < 1.29 is 111 Å². The third-order valence-corrected chi connectivity index (χ3v) is 1.10. The van der Waals surface area contributed by atoms with Crippen LogP contribution in [0.2, 0.25) is 0 Å². The average Bonchev–Trinajstić information content (AvgIpc) is 2.18. The summed E-state index contributed by atoms with van der Waals surface area (Å²) in [4.78, 5) is 28.8. The van der Waals surface area contributed by atoms with E-state index in [4.69, 9.17) is 15.3 Å². The molecule has 20 heavy (non-hydrogen) atoms. The maximum Gasteiger partial charge on any atom is 0.330 e. The fraction of sp³-hybridized carbons (Fsp3) is 0.250. The van der Waals surface area contributed by atoms with Gasteiger partial charge in [-0.2, -0.15) is 0 Å². The molecule has 0 bridgehead atoms. The summed E-state index contributed by atoms with van der Waals surface area (Å²) in [5.74, 6) is -2.81. The van der Waals surface area contributed by atoms with E-state index >= 15 is 0 Å². The summed E-state index contributed by atoms with van der Waals surface area (Å²) < 4.78 is 0. The van der Waals surface area contributed by atoms with E-state index in [9.17, 15) is 14.4 Å². The molecule has 110 valence electrons. The minimum Gasteiger partial charge on any atom is -0.478 e. The molecule has 0 amide bonds. The summed E-state index contributed by atoms with van der Waals surface area (Å²) in [6.07, 6.45) is 0. The maximum absolute atomic E-state index is 9.60. The fourth-order valence-electron chi connectivity index (χ4n) is 0. The van der Waals surface area contributed by atoms with Gasteiger partial charge in [-0.1, -0.05) is 19.7 Å². The first kappa shape index (κ1) is 32.3. The summed E-state index contributed by atoms with van der Waals surface area (Å²) in [6, 6.07) is 0. The minimum atomic E-state index is -0.935. The van der Waals surface area contributed by atoms with Crippen LogP contribution in [0.4, 0.5) is 0 Å². The van der Waals surface area contributed by atoms with Crippen LogP contribution in [0.1, 0.15) is 20.8 Å². The van der Waals surface area contributed by atoms with Crippen LogP contribution in [-0.2, 0) is 14.4 Å². The van der Waals surface area contributed by atoms with Crippen LogP contribution >= 0.6 is 0 Å². The molecule has 0 aromatic heterocycles. The first-order valence-corrected chi connectivity index (χ1v) is 4.59. The van der Waals surface area contributed by atoms with Crippen LogP contribution in [0.3, 0.4) is 0 Å². The number of aliphatic carboxylic acids is 3. The van der Waals surface area contributed by atoms with Crippen LogP contribution in [0, 0.1) is 81.7 Å². The van der Waals surface area contributed by atoms with Gasteiger partial charge in [-0.05, 0) is 20.8 Å². The van der Waals surface area contributed by atoms with Gasteiger partial charge >= 0.3 is 17.9 Å².